The Morgan fingerprint density at radius 3 is 0.781 bits per heavy atom. The van der Waals surface area contributed by atoms with Crippen LogP contribution in [0.5, 0.6) is 0 Å². The molecule has 496 valence electrons. The van der Waals surface area contributed by atoms with Crippen molar-refractivity contribution in [3.05, 3.63) is 189 Å². The monoisotopic (exact) mass is 1290 g/mol. The van der Waals surface area contributed by atoms with E-state index in [1.807, 2.05) is 118 Å². The molecule has 0 heterocycles. The van der Waals surface area contributed by atoms with E-state index in [1.54, 1.807) is 97.1 Å². The van der Waals surface area contributed by atoms with E-state index in [9.17, 15) is 40.2 Å². The Labute approximate surface area is 563 Å². The number of ether oxygens (including phenoxy) is 5. The molecular weight excluding hydrogens is 1210 g/mol. The Kier molecular flexibility index (Phi) is 28.2. The van der Waals surface area contributed by atoms with E-state index in [-0.39, 0.29) is 0 Å². The van der Waals surface area contributed by atoms with Gasteiger partial charge in [0.1, 0.15) is 58.8 Å². The fourth-order valence-electron chi connectivity index (χ4n) is 11.1. The predicted molar refractivity (Wildman–Crippen MR) is 373 cm³/mol. The van der Waals surface area contributed by atoms with Crippen LogP contribution >= 0.6 is 0 Å². The molecule has 0 spiro atoms. The van der Waals surface area contributed by atoms with Crippen molar-refractivity contribution < 1.29 is 47.7 Å². The zero-order valence-electron chi connectivity index (χ0n) is 56.2. The predicted octanol–water partition coefficient (Wildman–Crippen LogP) is 12.6. The molecule has 0 N–H and O–H groups in total. The normalized spacial score (nSPS) is 16.3. The van der Waals surface area contributed by atoms with Crippen molar-refractivity contribution in [1.82, 2.24) is 0 Å². The summed E-state index contributed by atoms with van der Waals surface area (Å²) in [5.41, 5.74) is 3.27. The first kappa shape index (κ1) is 73.6. The number of esters is 5. The Bertz CT molecular complexity index is 3670. The van der Waals surface area contributed by atoms with Crippen LogP contribution in [-0.2, 0) is 47.7 Å². The minimum absolute atomic E-state index is 0.371. The number of anilines is 5. The molecule has 0 bridgehead atoms. The minimum atomic E-state index is -2.28. The summed E-state index contributed by atoms with van der Waals surface area (Å²) >= 11 is 0. The first-order valence-corrected chi connectivity index (χ1v) is 32.3. The SMILES string of the molecule is [C-]#[N+]C(=Cc1ccc(N(CC)CC)cc1)C(=O)OC1CC(OC(=O)C(C#N)=Cc2ccc(N(CC)CC)cc2)C(OC(=O)C(C#N)=Cc2ccc(N(CC)CC)cc2)C(OC(=O)C(C#N)=Cc2ccc(N(CC)CC)cc2)C1OC(=O)C(C#N)=Cc1ccc(N(CC)CC)cc1. The van der Waals surface area contributed by atoms with Crippen molar-refractivity contribution in [2.24, 2.45) is 0 Å². The second kappa shape index (κ2) is 36.7. The standard InChI is InChI=1S/C76H82N10O10/c1-12-82(13-2)61-32-22-52(23-33-61)42-57(48-77)72(87)92-67-47-68(93-76(91)66(81-11)46-56-30-40-65(41-31-56)86(20-9)21-10)70(95-74(89)59(50-79)44-54-26-36-63(37-27-54)84(16-5)17-6)71(96-75(90)60(51-80)45-55-28-38-64(39-29-55)85(18-7)19-8)69(67)94-73(88)58(49-78)43-53-24-34-62(35-25-53)83(14-3)15-4/h22-46,67-71H,12-21,47H2,1-10H3. The highest BCUT2D eigenvalue weighted by molar-refractivity contribution is 6.01. The summed E-state index contributed by atoms with van der Waals surface area (Å²) in [6.45, 7) is 35.2. The lowest BCUT2D eigenvalue weighted by Gasteiger charge is -2.43. The maximum absolute atomic E-state index is 15.0. The number of rotatable bonds is 30. The van der Waals surface area contributed by atoms with Gasteiger partial charge in [-0.3, -0.25) is 4.79 Å². The van der Waals surface area contributed by atoms with Crippen molar-refractivity contribution in [2.75, 3.05) is 89.9 Å². The first-order valence-electron chi connectivity index (χ1n) is 32.3. The van der Waals surface area contributed by atoms with Crippen molar-refractivity contribution in [1.29, 1.82) is 21.0 Å². The van der Waals surface area contributed by atoms with E-state index in [4.69, 9.17) is 30.3 Å². The van der Waals surface area contributed by atoms with Gasteiger partial charge in [-0.2, -0.15) is 21.0 Å². The van der Waals surface area contributed by atoms with E-state index in [2.05, 4.69) is 29.3 Å². The largest absolute Gasteiger partial charge is 0.463 e. The molecule has 5 aromatic carbocycles. The smallest absolute Gasteiger partial charge is 0.349 e. The van der Waals surface area contributed by atoms with Crippen LogP contribution in [0.2, 0.25) is 0 Å². The van der Waals surface area contributed by atoms with Crippen LogP contribution < -0.4 is 24.5 Å². The highest BCUT2D eigenvalue weighted by atomic mass is 16.6. The maximum Gasteiger partial charge on any atom is 0.349 e. The molecule has 1 fully saturated rings. The van der Waals surface area contributed by atoms with Gasteiger partial charge in [-0.25, -0.2) is 24.0 Å². The maximum atomic E-state index is 15.0. The molecule has 5 aromatic rings. The van der Waals surface area contributed by atoms with Gasteiger partial charge in [0, 0.05) is 100 Å². The topological polar surface area (TPSA) is 247 Å². The first-order chi connectivity index (χ1) is 46.4. The average Bonchev–Trinajstić information content (AvgIpc) is 1.62. The van der Waals surface area contributed by atoms with Crippen LogP contribution in [0.4, 0.5) is 28.4 Å². The van der Waals surface area contributed by atoms with Crippen LogP contribution in [0, 0.1) is 51.9 Å². The van der Waals surface area contributed by atoms with E-state index in [0.717, 1.165) is 28.4 Å². The number of carbonyl (C=O) groups is 5. The van der Waals surface area contributed by atoms with Crippen molar-refractivity contribution in [2.45, 2.75) is 106 Å². The molecular formula is C76H82N10O10. The number of carbonyl (C=O) groups excluding carboxylic acids is 5. The Morgan fingerprint density at radius 1 is 0.354 bits per heavy atom. The molecule has 0 aromatic heterocycles. The fraction of sp³-hybridized carbons (Fsp3) is 0.342. The third kappa shape index (κ3) is 19.3. The van der Waals surface area contributed by atoms with Gasteiger partial charge in [0.2, 0.25) is 0 Å². The van der Waals surface area contributed by atoms with Gasteiger partial charge < -0.3 is 48.2 Å². The molecule has 5 atom stereocenters. The third-order valence-electron chi connectivity index (χ3n) is 16.4. The lowest BCUT2D eigenvalue weighted by molar-refractivity contribution is -0.227. The highest BCUT2D eigenvalue weighted by Gasteiger charge is 2.55. The highest BCUT2D eigenvalue weighted by Crippen LogP contribution is 2.36. The van der Waals surface area contributed by atoms with Crippen molar-refractivity contribution >= 4 is 88.7 Å². The summed E-state index contributed by atoms with van der Waals surface area (Å²) < 4.78 is 31.0. The molecule has 20 nitrogen and oxygen atoms in total. The Morgan fingerprint density at radius 2 is 0.562 bits per heavy atom. The zero-order valence-corrected chi connectivity index (χ0v) is 56.2. The van der Waals surface area contributed by atoms with Gasteiger partial charge in [0.25, 0.3) is 5.70 Å². The molecule has 1 saturated carbocycles. The summed E-state index contributed by atoms with van der Waals surface area (Å²) in [4.78, 5) is 88.2. The van der Waals surface area contributed by atoms with Crippen molar-refractivity contribution in [3.8, 4) is 24.3 Å². The number of nitrogens with zero attached hydrogens (tertiary/aromatic N) is 10. The van der Waals surface area contributed by atoms with Crippen LogP contribution in [0.3, 0.4) is 0 Å². The molecule has 0 amide bonds. The summed E-state index contributed by atoms with van der Waals surface area (Å²) in [5.74, 6) is -6.78. The summed E-state index contributed by atoms with van der Waals surface area (Å²) in [6.07, 6.45) is -5.09. The summed E-state index contributed by atoms with van der Waals surface area (Å²) in [7, 11) is 0. The quantitative estimate of drug-likeness (QED) is 0.0136. The summed E-state index contributed by atoms with van der Waals surface area (Å²) in [6, 6.07) is 42.3. The molecule has 5 unspecified atom stereocenters. The van der Waals surface area contributed by atoms with E-state index < -0.39 is 94.8 Å². The lowest BCUT2D eigenvalue weighted by Crippen LogP contribution is -2.62. The van der Waals surface area contributed by atoms with Crippen LogP contribution in [-0.4, -0.2) is 126 Å². The van der Waals surface area contributed by atoms with Crippen LogP contribution in [0.25, 0.3) is 35.2 Å². The number of hydrogen-bond acceptors (Lipinski definition) is 19. The fourth-order valence-corrected chi connectivity index (χ4v) is 11.1. The Balaban J connectivity index is 1.60. The molecule has 1 aliphatic carbocycles. The average molecular weight is 1300 g/mol. The van der Waals surface area contributed by atoms with Gasteiger partial charge in [-0.15, -0.1) is 0 Å². The van der Waals surface area contributed by atoms with Gasteiger partial charge in [0.15, 0.2) is 18.3 Å². The van der Waals surface area contributed by atoms with Gasteiger partial charge in [-0.1, -0.05) is 60.7 Å². The molecule has 1 aliphatic rings. The number of benzene rings is 5. The molecule has 6 rings (SSSR count). The van der Waals surface area contributed by atoms with Gasteiger partial charge in [-0.05, 0) is 188 Å². The minimum Gasteiger partial charge on any atom is -0.463 e. The second-order valence-electron chi connectivity index (χ2n) is 21.9. The molecule has 96 heavy (non-hydrogen) atoms. The lowest BCUT2D eigenvalue weighted by atomic mass is 9.86. The Hall–Kier alpha value is -11.4. The van der Waals surface area contributed by atoms with Crippen molar-refractivity contribution in [3.63, 3.8) is 0 Å². The van der Waals surface area contributed by atoms with Gasteiger partial charge in [0.05, 0.1) is 6.57 Å². The number of nitriles is 4. The molecule has 0 saturated heterocycles. The second-order valence-corrected chi connectivity index (χ2v) is 21.9. The van der Waals surface area contributed by atoms with E-state index >= 15 is 4.79 Å². The van der Waals surface area contributed by atoms with Crippen LogP contribution in [0.1, 0.15) is 103 Å². The number of hydrogen-bond donors (Lipinski definition) is 0. The third-order valence-corrected chi connectivity index (χ3v) is 16.4. The van der Waals surface area contributed by atoms with Gasteiger partial charge >= 0.3 is 29.8 Å². The summed E-state index contributed by atoms with van der Waals surface area (Å²) in [5, 5.41) is 42.8. The zero-order chi connectivity index (χ0) is 69.8. The molecule has 0 aliphatic heterocycles. The van der Waals surface area contributed by atoms with E-state index in [0.29, 0.717) is 93.3 Å². The molecule has 20 heteroatoms. The molecule has 0 radical (unpaired) electrons. The van der Waals surface area contributed by atoms with E-state index in [1.165, 1.54) is 30.4 Å². The van der Waals surface area contributed by atoms with Crippen LogP contribution in [0.15, 0.2) is 149 Å².